The molecule has 0 bridgehead atoms. The molecule has 1 saturated heterocycles. The fourth-order valence-corrected chi connectivity index (χ4v) is 4.66. The van der Waals surface area contributed by atoms with Gasteiger partial charge in [-0.05, 0) is 50.6 Å². The molecule has 170 valence electrons. The van der Waals surface area contributed by atoms with E-state index in [0.29, 0.717) is 13.0 Å². The van der Waals surface area contributed by atoms with E-state index in [4.69, 9.17) is 9.97 Å². The van der Waals surface area contributed by atoms with Gasteiger partial charge in [-0.15, -0.1) is 11.3 Å². The number of carbonyl (C=O) groups is 1. The maximum absolute atomic E-state index is 12.6. The van der Waals surface area contributed by atoms with Gasteiger partial charge in [0.25, 0.3) is 0 Å². The monoisotopic (exact) mass is 452 g/mol. The summed E-state index contributed by atoms with van der Waals surface area (Å²) in [6, 6.07) is 12.2. The third-order valence-electron chi connectivity index (χ3n) is 5.72. The molecule has 7 nitrogen and oxygen atoms in total. The summed E-state index contributed by atoms with van der Waals surface area (Å²) in [5.41, 5.74) is 0.970. The zero-order valence-electron chi connectivity index (χ0n) is 19.0. The number of hydrogen-bond donors (Lipinski definition) is 1. The van der Waals surface area contributed by atoms with Crippen molar-refractivity contribution in [3.63, 3.8) is 0 Å². The molecular formula is C24H32N6OS. The van der Waals surface area contributed by atoms with Crippen molar-refractivity contribution in [3.05, 3.63) is 52.5 Å². The van der Waals surface area contributed by atoms with E-state index in [1.165, 1.54) is 0 Å². The number of nitrogens with zero attached hydrogens (tertiary/aromatic N) is 5. The fraction of sp³-hybridized carbons (Fsp3) is 0.458. The molecule has 3 heterocycles. The Labute approximate surface area is 194 Å². The van der Waals surface area contributed by atoms with Crippen molar-refractivity contribution in [2.24, 2.45) is 0 Å². The minimum absolute atomic E-state index is 0.221. The van der Waals surface area contributed by atoms with Crippen molar-refractivity contribution in [2.75, 3.05) is 58.7 Å². The van der Waals surface area contributed by atoms with Crippen LogP contribution >= 0.6 is 11.3 Å². The number of hydrogen-bond acceptors (Lipinski definition) is 7. The second kappa shape index (κ2) is 10.8. The number of thiophene rings is 1. The number of fused-ring (bicyclic) bond motifs is 1. The lowest BCUT2D eigenvalue weighted by molar-refractivity contribution is -0.132. The summed E-state index contributed by atoms with van der Waals surface area (Å²) >= 11 is 1.65. The van der Waals surface area contributed by atoms with Crippen LogP contribution in [0.15, 0.2) is 41.8 Å². The zero-order chi connectivity index (χ0) is 22.3. The number of nitrogens with one attached hydrogen (secondary N) is 1. The van der Waals surface area contributed by atoms with Crippen molar-refractivity contribution in [3.8, 4) is 0 Å². The lowest BCUT2D eigenvalue weighted by Gasteiger charge is -2.34. The molecule has 4 rings (SSSR count). The summed E-state index contributed by atoms with van der Waals surface area (Å²) in [4.78, 5) is 29.9. The molecule has 1 fully saturated rings. The predicted molar refractivity (Wildman–Crippen MR) is 131 cm³/mol. The van der Waals surface area contributed by atoms with E-state index in [1.54, 1.807) is 11.3 Å². The van der Waals surface area contributed by atoms with Crippen LogP contribution in [0.5, 0.6) is 0 Å². The number of amides is 1. The van der Waals surface area contributed by atoms with Gasteiger partial charge >= 0.3 is 0 Å². The summed E-state index contributed by atoms with van der Waals surface area (Å²) in [6.07, 6.45) is 1.57. The van der Waals surface area contributed by atoms with E-state index in [0.717, 1.165) is 73.1 Å². The summed E-state index contributed by atoms with van der Waals surface area (Å²) < 4.78 is 0. The Balaban J connectivity index is 1.36. The van der Waals surface area contributed by atoms with Crippen molar-refractivity contribution in [1.29, 1.82) is 0 Å². The van der Waals surface area contributed by atoms with Crippen LogP contribution in [0.1, 0.15) is 17.1 Å². The molecule has 0 atom stereocenters. The maximum atomic E-state index is 12.6. The van der Waals surface area contributed by atoms with Crippen LogP contribution in [0.25, 0.3) is 10.9 Å². The highest BCUT2D eigenvalue weighted by Gasteiger charge is 2.22. The van der Waals surface area contributed by atoms with Crippen LogP contribution in [-0.2, 0) is 17.8 Å². The highest BCUT2D eigenvalue weighted by atomic mass is 32.1. The molecule has 1 aliphatic rings. The summed E-state index contributed by atoms with van der Waals surface area (Å²) in [6.45, 7) is 5.82. The molecule has 0 unspecified atom stereocenters. The number of aromatic nitrogens is 2. The molecular weight excluding hydrogens is 420 g/mol. The van der Waals surface area contributed by atoms with Gasteiger partial charge in [0.15, 0.2) is 0 Å². The van der Waals surface area contributed by atoms with Gasteiger partial charge in [-0.1, -0.05) is 18.2 Å². The number of anilines is 1. The maximum Gasteiger partial charge on any atom is 0.227 e. The molecule has 0 aliphatic carbocycles. The highest BCUT2D eigenvalue weighted by Crippen LogP contribution is 2.21. The van der Waals surface area contributed by atoms with Gasteiger partial charge in [0.2, 0.25) is 5.91 Å². The Bertz CT molecular complexity index is 1010. The molecule has 1 aromatic carbocycles. The van der Waals surface area contributed by atoms with Gasteiger partial charge in [0, 0.05) is 43.0 Å². The minimum Gasteiger partial charge on any atom is -0.369 e. The topological polar surface area (TPSA) is 64.6 Å². The molecule has 3 aromatic rings. The Morgan fingerprint density at radius 3 is 2.66 bits per heavy atom. The van der Waals surface area contributed by atoms with Crippen LogP contribution < -0.4 is 5.32 Å². The molecule has 0 radical (unpaired) electrons. The first-order valence-corrected chi connectivity index (χ1v) is 12.1. The molecule has 1 amide bonds. The molecule has 32 heavy (non-hydrogen) atoms. The number of carbonyl (C=O) groups excluding carboxylic acids is 1. The molecule has 1 N–H and O–H groups in total. The van der Waals surface area contributed by atoms with Crippen LogP contribution in [-0.4, -0.2) is 83.9 Å². The Hall–Kier alpha value is -2.55. The van der Waals surface area contributed by atoms with Crippen LogP contribution in [0.3, 0.4) is 0 Å². The van der Waals surface area contributed by atoms with Gasteiger partial charge in [-0.25, -0.2) is 9.97 Å². The van der Waals surface area contributed by atoms with Gasteiger partial charge < -0.3 is 15.1 Å². The fourth-order valence-electron chi connectivity index (χ4n) is 3.96. The lowest BCUT2D eigenvalue weighted by atomic mass is 10.2. The first kappa shape index (κ1) is 22.6. The Morgan fingerprint density at radius 2 is 1.91 bits per heavy atom. The highest BCUT2D eigenvalue weighted by molar-refractivity contribution is 7.10. The first-order valence-electron chi connectivity index (χ1n) is 11.3. The molecule has 1 aliphatic heterocycles. The van der Waals surface area contributed by atoms with Crippen LogP contribution in [0.4, 0.5) is 5.82 Å². The second-order valence-electron chi connectivity index (χ2n) is 8.50. The Morgan fingerprint density at radius 1 is 1.09 bits per heavy atom. The quantitative estimate of drug-likeness (QED) is 0.504. The SMILES string of the molecule is CN(C)CCCNc1nc(CN2CCN(C(=O)Cc3cccs3)CC2)nc2ccccc12. The van der Waals surface area contributed by atoms with Gasteiger partial charge in [-0.2, -0.15) is 0 Å². The molecule has 0 saturated carbocycles. The van der Waals surface area contributed by atoms with Crippen molar-refractivity contribution < 1.29 is 4.79 Å². The molecule has 0 spiro atoms. The number of piperazine rings is 1. The van der Waals surface area contributed by atoms with Crippen molar-refractivity contribution in [2.45, 2.75) is 19.4 Å². The lowest BCUT2D eigenvalue weighted by Crippen LogP contribution is -2.48. The van der Waals surface area contributed by atoms with Gasteiger partial charge in [-0.3, -0.25) is 9.69 Å². The summed E-state index contributed by atoms with van der Waals surface area (Å²) in [7, 11) is 4.18. The first-order chi connectivity index (χ1) is 15.6. The van der Waals surface area contributed by atoms with E-state index in [2.05, 4.69) is 35.3 Å². The number of para-hydroxylation sites is 1. The Kier molecular flexibility index (Phi) is 7.68. The third-order valence-corrected chi connectivity index (χ3v) is 6.60. The van der Waals surface area contributed by atoms with Gasteiger partial charge in [0.1, 0.15) is 11.6 Å². The molecule has 2 aromatic heterocycles. The van der Waals surface area contributed by atoms with Crippen molar-refractivity contribution >= 4 is 34.0 Å². The average molecular weight is 453 g/mol. The number of rotatable bonds is 9. The van der Waals surface area contributed by atoms with Crippen molar-refractivity contribution in [1.82, 2.24) is 24.7 Å². The van der Waals surface area contributed by atoms with Crippen LogP contribution in [0, 0.1) is 0 Å². The molecule has 8 heteroatoms. The standard InChI is InChI=1S/C24H32N6OS/c1-28(2)11-6-10-25-24-20-8-3-4-9-21(20)26-22(27-24)18-29-12-14-30(15-13-29)23(31)17-19-7-5-16-32-19/h3-5,7-9,16H,6,10-15,17-18H2,1-2H3,(H,25,26,27). The van der Waals surface area contributed by atoms with E-state index < -0.39 is 0 Å². The van der Waals surface area contributed by atoms with E-state index in [-0.39, 0.29) is 5.91 Å². The van der Waals surface area contributed by atoms with E-state index in [9.17, 15) is 4.79 Å². The normalized spacial score (nSPS) is 14.9. The van der Waals surface area contributed by atoms with E-state index in [1.807, 2.05) is 40.6 Å². The van der Waals surface area contributed by atoms with Crippen LogP contribution in [0.2, 0.25) is 0 Å². The minimum atomic E-state index is 0.221. The largest absolute Gasteiger partial charge is 0.369 e. The third kappa shape index (κ3) is 6.03. The smallest absolute Gasteiger partial charge is 0.227 e. The average Bonchev–Trinajstić information content (AvgIpc) is 3.30. The summed E-state index contributed by atoms with van der Waals surface area (Å²) in [5.74, 6) is 1.96. The van der Waals surface area contributed by atoms with E-state index >= 15 is 0 Å². The number of benzene rings is 1. The predicted octanol–water partition coefficient (Wildman–Crippen LogP) is 2.94. The second-order valence-corrected chi connectivity index (χ2v) is 9.53. The zero-order valence-corrected chi connectivity index (χ0v) is 19.8. The summed E-state index contributed by atoms with van der Waals surface area (Å²) in [5, 5.41) is 6.60. The van der Waals surface area contributed by atoms with Gasteiger partial charge in [0.05, 0.1) is 18.5 Å².